The van der Waals surface area contributed by atoms with Crippen molar-refractivity contribution in [1.82, 2.24) is 0 Å². The molecule has 2 bridgehead atoms. The first-order chi connectivity index (χ1) is 5.74. The van der Waals surface area contributed by atoms with E-state index >= 15 is 0 Å². The molecule has 2 rings (SSSR count). The van der Waals surface area contributed by atoms with Crippen molar-refractivity contribution in [3.63, 3.8) is 0 Å². The van der Waals surface area contributed by atoms with E-state index in [1.165, 1.54) is 6.61 Å². The molecule has 2 heterocycles. The van der Waals surface area contributed by atoms with E-state index in [0.29, 0.717) is 0 Å². The normalized spacial score (nSPS) is 47.8. The van der Waals surface area contributed by atoms with Crippen molar-refractivity contribution < 1.29 is 55.2 Å². The van der Waals surface area contributed by atoms with E-state index in [0.717, 1.165) is 0 Å². The van der Waals surface area contributed by atoms with Gasteiger partial charge in [-0.2, -0.15) is 6.61 Å². The molecule has 0 aromatic rings. The van der Waals surface area contributed by atoms with Crippen molar-refractivity contribution >= 4 is 0 Å². The maximum atomic E-state index is 12.3. The average molecular weight is 415 g/mol. The van der Waals surface area contributed by atoms with Gasteiger partial charge in [-0.25, -0.2) is 4.39 Å². The SMILES string of the molecule is OC[C@]12O[CH-][C@H](OC1CF)[C@@H]2O.[U]. The minimum atomic E-state index is -1.26. The zero-order valence-electron chi connectivity index (χ0n) is 6.81. The number of hydrogen-bond donors (Lipinski definition) is 2. The molecule has 0 radical (unpaired) electrons. The Kier molecular flexibility index (Phi) is 3.78. The molecular weight excluding hydrogens is 405 g/mol. The summed E-state index contributed by atoms with van der Waals surface area (Å²) in [5, 5.41) is 18.4. The van der Waals surface area contributed by atoms with Gasteiger partial charge in [0.1, 0.15) is 18.4 Å². The maximum absolute atomic E-state index is 12.3. The van der Waals surface area contributed by atoms with Crippen LogP contribution in [0.4, 0.5) is 4.39 Å². The van der Waals surface area contributed by atoms with Crippen molar-refractivity contribution in [1.29, 1.82) is 0 Å². The second-order valence-electron chi connectivity index (χ2n) is 3.06. The summed E-state index contributed by atoms with van der Waals surface area (Å²) in [5.41, 5.74) is -1.26. The molecule has 74 valence electrons. The first-order valence-corrected chi connectivity index (χ1v) is 3.76. The second kappa shape index (κ2) is 4.13. The van der Waals surface area contributed by atoms with Crippen molar-refractivity contribution in [3.8, 4) is 0 Å². The van der Waals surface area contributed by atoms with E-state index in [-0.39, 0.29) is 31.1 Å². The van der Waals surface area contributed by atoms with Crippen LogP contribution in [-0.4, -0.2) is 47.4 Å². The van der Waals surface area contributed by atoms with Crippen LogP contribution in [0.3, 0.4) is 0 Å². The van der Waals surface area contributed by atoms with Crippen LogP contribution in [-0.2, 0) is 9.47 Å². The standard InChI is InChI=1S/C7H10FO4.U/c8-1-5-7(3-9)6(10)4(12-5)2-11-7;/h2,4-6,9-10H,1,3H2;/q-1;/t4-,5?,6-,7-;/m0./s1. The van der Waals surface area contributed by atoms with E-state index in [1.807, 2.05) is 0 Å². The third-order valence-corrected chi connectivity index (χ3v) is 2.49. The van der Waals surface area contributed by atoms with Gasteiger partial charge in [-0.3, -0.25) is 0 Å². The number of hydrogen-bond acceptors (Lipinski definition) is 4. The molecule has 0 saturated carbocycles. The summed E-state index contributed by atoms with van der Waals surface area (Å²) >= 11 is 0. The van der Waals surface area contributed by atoms with Crippen molar-refractivity contribution in [3.05, 3.63) is 6.61 Å². The van der Waals surface area contributed by atoms with Gasteiger partial charge in [0, 0.05) is 31.1 Å². The fourth-order valence-electron chi connectivity index (χ4n) is 1.69. The van der Waals surface area contributed by atoms with E-state index in [9.17, 15) is 9.50 Å². The number of ether oxygens (including phenoxy) is 2. The third-order valence-electron chi connectivity index (χ3n) is 2.49. The van der Waals surface area contributed by atoms with Gasteiger partial charge in [0.05, 0.1) is 12.7 Å². The quantitative estimate of drug-likeness (QED) is 0.569. The Labute approximate surface area is 98.8 Å². The van der Waals surface area contributed by atoms with Gasteiger partial charge in [-0.05, 0) is 6.10 Å². The minimum Gasteiger partial charge on any atom is -0.539 e. The molecule has 1 unspecified atom stereocenters. The summed E-state index contributed by atoms with van der Waals surface area (Å²) in [6.45, 7) is 0.102. The summed E-state index contributed by atoms with van der Waals surface area (Å²) in [6.07, 6.45) is -2.41. The van der Waals surface area contributed by atoms with Crippen LogP contribution in [0, 0.1) is 37.7 Å². The van der Waals surface area contributed by atoms with Crippen LogP contribution in [0.2, 0.25) is 0 Å². The molecular formula is C7H10FO4U-. The molecule has 0 aromatic carbocycles. The zero-order chi connectivity index (χ0) is 8.77. The third kappa shape index (κ3) is 1.48. The molecule has 2 aliphatic rings. The van der Waals surface area contributed by atoms with Crippen LogP contribution in [0.15, 0.2) is 0 Å². The maximum Gasteiger partial charge on any atom is 0.118 e. The summed E-state index contributed by atoms with van der Waals surface area (Å²) in [6, 6.07) is 0. The van der Waals surface area contributed by atoms with Crippen LogP contribution in [0.1, 0.15) is 0 Å². The average Bonchev–Trinajstić information content (AvgIpc) is 2.57. The molecule has 2 saturated heterocycles. The van der Waals surface area contributed by atoms with Gasteiger partial charge in [-0.1, -0.05) is 0 Å². The molecule has 4 nitrogen and oxygen atoms in total. The number of aliphatic hydroxyl groups excluding tert-OH is 2. The van der Waals surface area contributed by atoms with E-state index < -0.39 is 37.2 Å². The topological polar surface area (TPSA) is 58.9 Å². The molecule has 4 atom stereocenters. The first kappa shape index (κ1) is 11.9. The molecule has 6 heteroatoms. The van der Waals surface area contributed by atoms with Crippen LogP contribution in [0.5, 0.6) is 0 Å². The van der Waals surface area contributed by atoms with Gasteiger partial charge >= 0.3 is 0 Å². The molecule has 0 amide bonds. The molecule has 2 N–H and O–H groups in total. The van der Waals surface area contributed by atoms with Crippen LogP contribution < -0.4 is 0 Å². The number of fused-ring (bicyclic) bond motifs is 2. The second-order valence-corrected chi connectivity index (χ2v) is 3.06. The first-order valence-electron chi connectivity index (χ1n) is 3.76. The molecule has 0 aromatic heterocycles. The van der Waals surface area contributed by atoms with Crippen molar-refractivity contribution in [2.45, 2.75) is 23.9 Å². The Morgan fingerprint density at radius 2 is 2.23 bits per heavy atom. The van der Waals surface area contributed by atoms with E-state index in [1.54, 1.807) is 0 Å². The smallest absolute Gasteiger partial charge is 0.118 e. The summed E-state index contributed by atoms with van der Waals surface area (Å²) in [7, 11) is 0. The Morgan fingerprint density at radius 3 is 2.62 bits per heavy atom. The molecule has 0 aliphatic carbocycles. The number of alkyl halides is 1. The van der Waals surface area contributed by atoms with Crippen LogP contribution >= 0.6 is 0 Å². The number of halogens is 1. The van der Waals surface area contributed by atoms with E-state index in [2.05, 4.69) is 0 Å². The number of aliphatic hydroxyl groups is 2. The number of rotatable bonds is 2. The zero-order valence-corrected chi connectivity index (χ0v) is 11.0. The monoisotopic (exact) mass is 415 g/mol. The molecule has 2 aliphatic heterocycles. The summed E-state index contributed by atoms with van der Waals surface area (Å²) in [5.74, 6) is 0. The molecule has 2 fully saturated rings. The fraction of sp³-hybridized carbons (Fsp3) is 0.857. The fourth-order valence-corrected chi connectivity index (χ4v) is 1.69. The predicted molar refractivity (Wildman–Crippen MR) is 35.8 cm³/mol. The summed E-state index contributed by atoms with van der Waals surface area (Å²) in [4.78, 5) is 0. The largest absolute Gasteiger partial charge is 0.539 e. The van der Waals surface area contributed by atoms with E-state index in [4.69, 9.17) is 14.6 Å². The van der Waals surface area contributed by atoms with Gasteiger partial charge < -0.3 is 19.7 Å². The Bertz CT molecular complexity index is 193. The minimum absolute atomic E-state index is 0. The van der Waals surface area contributed by atoms with Crippen LogP contribution in [0.25, 0.3) is 0 Å². The summed E-state index contributed by atoms with van der Waals surface area (Å²) < 4.78 is 22.4. The van der Waals surface area contributed by atoms with Gasteiger partial charge in [-0.15, -0.1) is 0 Å². The molecule has 13 heavy (non-hydrogen) atoms. The predicted octanol–water partition coefficient (Wildman–Crippen LogP) is -0.993. The van der Waals surface area contributed by atoms with Crippen molar-refractivity contribution in [2.75, 3.05) is 13.3 Å². The van der Waals surface area contributed by atoms with Gasteiger partial charge in [0.15, 0.2) is 0 Å². The van der Waals surface area contributed by atoms with Gasteiger partial charge in [0.25, 0.3) is 0 Å². The Balaban J connectivity index is 0.000000845. The Morgan fingerprint density at radius 1 is 1.54 bits per heavy atom. The molecule has 0 spiro atoms. The van der Waals surface area contributed by atoms with Gasteiger partial charge in [0.2, 0.25) is 0 Å². The van der Waals surface area contributed by atoms with Crippen molar-refractivity contribution in [2.24, 2.45) is 0 Å². The Hall–Kier alpha value is 0.822.